The predicted octanol–water partition coefficient (Wildman–Crippen LogP) is 4.88. The Labute approximate surface area is 201 Å². The van der Waals surface area contributed by atoms with E-state index < -0.39 is 0 Å². The maximum Gasteiger partial charge on any atom is 0.250 e. The molecular weight excluding hydrogens is 422 g/mol. The number of pyridine rings is 2. The zero-order valence-corrected chi connectivity index (χ0v) is 19.9. The third-order valence-electron chi connectivity index (χ3n) is 6.21. The normalized spacial score (nSPS) is 11.2. The van der Waals surface area contributed by atoms with Gasteiger partial charge in [-0.05, 0) is 73.7 Å². The summed E-state index contributed by atoms with van der Waals surface area (Å²) in [6.07, 6.45) is 7.99. The minimum absolute atomic E-state index is 0.000178. The minimum Gasteiger partial charge on any atom is -0.494 e. The van der Waals surface area contributed by atoms with E-state index in [1.54, 1.807) is 17.7 Å². The third-order valence-corrected chi connectivity index (χ3v) is 6.21. The van der Waals surface area contributed by atoms with E-state index in [1.165, 1.54) is 11.1 Å². The van der Waals surface area contributed by atoms with E-state index in [0.29, 0.717) is 6.61 Å². The SMILES string of the molecule is Cn1c(=O)ccc2cc(OCCCN(CCCc3ccccc3)CCc3cccnc3)ccc21. The van der Waals surface area contributed by atoms with Crippen LogP contribution in [-0.2, 0) is 19.9 Å². The molecule has 0 radical (unpaired) electrons. The Balaban J connectivity index is 1.28. The molecule has 4 aromatic rings. The monoisotopic (exact) mass is 455 g/mol. The van der Waals surface area contributed by atoms with Crippen molar-refractivity contribution in [1.29, 1.82) is 0 Å². The summed E-state index contributed by atoms with van der Waals surface area (Å²) in [6.45, 7) is 3.75. The van der Waals surface area contributed by atoms with Crippen LogP contribution >= 0.6 is 0 Å². The van der Waals surface area contributed by atoms with Gasteiger partial charge in [0.15, 0.2) is 0 Å². The Kier molecular flexibility index (Phi) is 8.47. The quantitative estimate of drug-likeness (QED) is 0.286. The van der Waals surface area contributed by atoms with Crippen LogP contribution in [0.25, 0.3) is 10.9 Å². The lowest BCUT2D eigenvalue weighted by molar-refractivity contribution is 0.234. The van der Waals surface area contributed by atoms with Crippen molar-refractivity contribution >= 4 is 10.9 Å². The van der Waals surface area contributed by atoms with E-state index in [2.05, 4.69) is 46.3 Å². The smallest absolute Gasteiger partial charge is 0.250 e. The van der Waals surface area contributed by atoms with E-state index in [0.717, 1.165) is 62.0 Å². The van der Waals surface area contributed by atoms with Gasteiger partial charge in [-0.2, -0.15) is 0 Å². The van der Waals surface area contributed by atoms with Gasteiger partial charge in [-0.3, -0.25) is 9.78 Å². The van der Waals surface area contributed by atoms with E-state index in [1.807, 2.05) is 42.7 Å². The molecule has 0 atom stereocenters. The molecule has 0 spiro atoms. The Bertz CT molecular complexity index is 1220. The Morgan fingerprint density at radius 1 is 0.853 bits per heavy atom. The fourth-order valence-electron chi connectivity index (χ4n) is 4.25. The van der Waals surface area contributed by atoms with Crippen LogP contribution in [-0.4, -0.2) is 40.7 Å². The summed E-state index contributed by atoms with van der Waals surface area (Å²) in [6, 6.07) is 24.2. The van der Waals surface area contributed by atoms with Crippen molar-refractivity contribution < 1.29 is 4.74 Å². The highest BCUT2D eigenvalue weighted by Gasteiger charge is 2.07. The average Bonchev–Trinajstić information content (AvgIpc) is 2.88. The molecule has 0 fully saturated rings. The lowest BCUT2D eigenvalue weighted by Crippen LogP contribution is -2.29. The fourth-order valence-corrected chi connectivity index (χ4v) is 4.25. The summed E-state index contributed by atoms with van der Waals surface area (Å²) in [4.78, 5) is 18.6. The molecule has 0 aliphatic carbocycles. The highest BCUT2D eigenvalue weighted by Crippen LogP contribution is 2.19. The minimum atomic E-state index is -0.000178. The first kappa shape index (κ1) is 23.7. The molecule has 0 bridgehead atoms. The summed E-state index contributed by atoms with van der Waals surface area (Å²) in [5.41, 5.74) is 3.59. The molecule has 0 saturated carbocycles. The predicted molar refractivity (Wildman–Crippen MR) is 138 cm³/mol. The summed E-state index contributed by atoms with van der Waals surface area (Å²) < 4.78 is 7.71. The largest absolute Gasteiger partial charge is 0.494 e. The van der Waals surface area contributed by atoms with Gasteiger partial charge >= 0.3 is 0 Å². The van der Waals surface area contributed by atoms with Gasteiger partial charge in [-0.15, -0.1) is 0 Å². The number of nitrogens with zero attached hydrogens (tertiary/aromatic N) is 3. The topological polar surface area (TPSA) is 47.4 Å². The third kappa shape index (κ3) is 6.78. The number of fused-ring (bicyclic) bond motifs is 1. The molecule has 0 N–H and O–H groups in total. The van der Waals surface area contributed by atoms with Gasteiger partial charge in [0, 0.05) is 44.0 Å². The molecule has 5 heteroatoms. The molecule has 0 aliphatic heterocycles. The van der Waals surface area contributed by atoms with Crippen molar-refractivity contribution in [2.75, 3.05) is 26.2 Å². The lowest BCUT2D eigenvalue weighted by Gasteiger charge is -2.22. The second kappa shape index (κ2) is 12.1. The van der Waals surface area contributed by atoms with Gasteiger partial charge < -0.3 is 14.2 Å². The highest BCUT2D eigenvalue weighted by atomic mass is 16.5. The van der Waals surface area contributed by atoms with Gasteiger partial charge in [-0.1, -0.05) is 36.4 Å². The maximum absolute atomic E-state index is 11.8. The standard InChI is InChI=1S/C29H33N3O2/c1-31-28-14-13-27(22-26(28)12-15-29(31)33)34-21-7-19-32(20-16-25-10-5-17-30-23-25)18-6-11-24-8-3-2-4-9-24/h2-5,8-10,12-15,17,22-23H,6-7,11,16,18-21H2,1H3. The molecule has 0 saturated heterocycles. The van der Waals surface area contributed by atoms with Crippen molar-refractivity contribution in [3.8, 4) is 5.75 Å². The Morgan fingerprint density at radius 2 is 1.68 bits per heavy atom. The molecule has 2 aromatic heterocycles. The van der Waals surface area contributed by atoms with Gasteiger partial charge in [0.1, 0.15) is 5.75 Å². The number of ether oxygens (including phenoxy) is 1. The molecule has 2 heterocycles. The van der Waals surface area contributed by atoms with Crippen LogP contribution in [0.5, 0.6) is 5.75 Å². The fraction of sp³-hybridized carbons (Fsp3) is 0.310. The zero-order valence-electron chi connectivity index (χ0n) is 19.9. The number of benzene rings is 2. The number of hydrogen-bond acceptors (Lipinski definition) is 4. The van der Waals surface area contributed by atoms with Crippen LogP contribution in [0.15, 0.2) is 90.0 Å². The molecule has 2 aromatic carbocycles. The van der Waals surface area contributed by atoms with Crippen molar-refractivity contribution in [3.05, 3.63) is 107 Å². The van der Waals surface area contributed by atoms with Crippen molar-refractivity contribution in [2.24, 2.45) is 7.05 Å². The van der Waals surface area contributed by atoms with Crippen LogP contribution in [0.1, 0.15) is 24.0 Å². The first-order chi connectivity index (χ1) is 16.7. The molecule has 0 unspecified atom stereocenters. The van der Waals surface area contributed by atoms with Crippen LogP contribution in [0, 0.1) is 0 Å². The zero-order chi connectivity index (χ0) is 23.6. The molecule has 34 heavy (non-hydrogen) atoms. The second-order valence-corrected chi connectivity index (χ2v) is 8.70. The lowest BCUT2D eigenvalue weighted by atomic mass is 10.1. The molecule has 0 amide bonds. The maximum atomic E-state index is 11.8. The number of rotatable bonds is 12. The van der Waals surface area contributed by atoms with E-state index in [-0.39, 0.29) is 5.56 Å². The van der Waals surface area contributed by atoms with Crippen LogP contribution in [0.3, 0.4) is 0 Å². The first-order valence-corrected chi connectivity index (χ1v) is 12.1. The number of aromatic nitrogens is 2. The van der Waals surface area contributed by atoms with Crippen molar-refractivity contribution in [2.45, 2.75) is 25.7 Å². The number of aryl methyl sites for hydroxylation is 2. The number of hydrogen-bond donors (Lipinski definition) is 0. The molecule has 176 valence electrons. The van der Waals surface area contributed by atoms with E-state index >= 15 is 0 Å². The summed E-state index contributed by atoms with van der Waals surface area (Å²) in [5, 5.41) is 1.01. The van der Waals surface area contributed by atoms with E-state index in [9.17, 15) is 4.79 Å². The van der Waals surface area contributed by atoms with E-state index in [4.69, 9.17) is 4.74 Å². The van der Waals surface area contributed by atoms with Crippen LogP contribution < -0.4 is 10.3 Å². The molecule has 5 nitrogen and oxygen atoms in total. The Morgan fingerprint density at radius 3 is 2.50 bits per heavy atom. The average molecular weight is 456 g/mol. The van der Waals surface area contributed by atoms with Gasteiger partial charge in [0.2, 0.25) is 0 Å². The van der Waals surface area contributed by atoms with Crippen LogP contribution in [0.4, 0.5) is 0 Å². The summed E-state index contributed by atoms with van der Waals surface area (Å²) in [7, 11) is 1.79. The summed E-state index contributed by atoms with van der Waals surface area (Å²) in [5.74, 6) is 0.845. The van der Waals surface area contributed by atoms with Gasteiger partial charge in [-0.25, -0.2) is 0 Å². The van der Waals surface area contributed by atoms with Gasteiger partial charge in [0.25, 0.3) is 5.56 Å². The van der Waals surface area contributed by atoms with Crippen molar-refractivity contribution in [1.82, 2.24) is 14.5 Å². The molecule has 4 rings (SSSR count). The van der Waals surface area contributed by atoms with Crippen molar-refractivity contribution in [3.63, 3.8) is 0 Å². The highest BCUT2D eigenvalue weighted by molar-refractivity contribution is 5.80. The Hall–Kier alpha value is -3.44. The second-order valence-electron chi connectivity index (χ2n) is 8.70. The van der Waals surface area contributed by atoms with Crippen LogP contribution in [0.2, 0.25) is 0 Å². The summed E-state index contributed by atoms with van der Waals surface area (Å²) >= 11 is 0. The first-order valence-electron chi connectivity index (χ1n) is 12.1. The van der Waals surface area contributed by atoms with Gasteiger partial charge in [0.05, 0.1) is 12.1 Å². The molecule has 0 aliphatic rings. The molecular formula is C29H33N3O2.